The van der Waals surface area contributed by atoms with Crippen molar-refractivity contribution in [1.29, 1.82) is 0 Å². The number of hydrogen-bond donors (Lipinski definition) is 0. The molecule has 5 nitrogen and oxygen atoms in total. The Kier molecular flexibility index (Phi) is 4.97. The Labute approximate surface area is 142 Å². The van der Waals surface area contributed by atoms with E-state index in [1.165, 1.54) is 24.2 Å². The molecule has 1 aromatic carbocycles. The summed E-state index contributed by atoms with van der Waals surface area (Å²) in [6.07, 6.45) is 6.33. The molecule has 1 aliphatic carbocycles. The summed E-state index contributed by atoms with van der Waals surface area (Å²) in [6, 6.07) is 7.17. The number of imide groups is 1. The number of carbonyl (C=O) groups excluding carboxylic acids is 3. The normalized spacial score (nSPS) is 19.0. The van der Waals surface area contributed by atoms with Gasteiger partial charge in [-0.1, -0.05) is 19.3 Å². The molecule has 1 saturated carbocycles. The predicted molar refractivity (Wildman–Crippen MR) is 91.8 cm³/mol. The molecule has 3 rings (SSSR count). The topological polar surface area (TPSA) is 57.7 Å². The maximum atomic E-state index is 12.8. The highest BCUT2D eigenvalue weighted by Crippen LogP contribution is 2.26. The van der Waals surface area contributed by atoms with Crippen molar-refractivity contribution in [3.63, 3.8) is 0 Å². The summed E-state index contributed by atoms with van der Waals surface area (Å²) in [7, 11) is 0. The third-order valence-corrected chi connectivity index (χ3v) is 5.04. The van der Waals surface area contributed by atoms with Crippen LogP contribution in [0.1, 0.15) is 62.2 Å². The number of nitrogens with zero attached hydrogens (tertiary/aromatic N) is 2. The first-order valence-corrected chi connectivity index (χ1v) is 8.88. The van der Waals surface area contributed by atoms with E-state index in [-0.39, 0.29) is 30.6 Å². The van der Waals surface area contributed by atoms with Crippen LogP contribution in [0.4, 0.5) is 5.69 Å². The van der Waals surface area contributed by atoms with Gasteiger partial charge in [0.2, 0.25) is 11.8 Å². The maximum absolute atomic E-state index is 12.8. The van der Waals surface area contributed by atoms with E-state index in [0.29, 0.717) is 23.8 Å². The van der Waals surface area contributed by atoms with Gasteiger partial charge >= 0.3 is 0 Å². The lowest BCUT2D eigenvalue weighted by atomic mass is 9.93. The van der Waals surface area contributed by atoms with E-state index in [2.05, 4.69) is 0 Å². The van der Waals surface area contributed by atoms with Crippen molar-refractivity contribution in [3.05, 3.63) is 29.8 Å². The van der Waals surface area contributed by atoms with Crippen molar-refractivity contribution >= 4 is 23.4 Å². The fraction of sp³-hybridized carbons (Fsp3) is 0.526. The lowest BCUT2D eigenvalue weighted by Gasteiger charge is -2.33. The van der Waals surface area contributed by atoms with Gasteiger partial charge in [0.25, 0.3) is 5.91 Å². The van der Waals surface area contributed by atoms with E-state index in [1.807, 2.05) is 11.8 Å². The molecule has 1 heterocycles. The molecule has 1 saturated heterocycles. The summed E-state index contributed by atoms with van der Waals surface area (Å²) in [5.74, 6) is -0.303. The van der Waals surface area contributed by atoms with Crippen LogP contribution >= 0.6 is 0 Å². The van der Waals surface area contributed by atoms with E-state index >= 15 is 0 Å². The molecule has 0 atom stereocenters. The SMILES string of the molecule is CCN(C(=O)c1ccc(N2C(=O)CCC2=O)cc1)C1CCCCC1. The second kappa shape index (κ2) is 7.16. The third-order valence-electron chi connectivity index (χ3n) is 5.04. The van der Waals surface area contributed by atoms with Gasteiger partial charge in [0, 0.05) is 31.0 Å². The molecule has 2 fully saturated rings. The first kappa shape index (κ1) is 16.7. The molecule has 3 amide bonds. The number of amides is 3. The molecular formula is C19H24N2O3. The minimum atomic E-state index is -0.170. The van der Waals surface area contributed by atoms with Crippen molar-refractivity contribution in [2.75, 3.05) is 11.4 Å². The minimum Gasteiger partial charge on any atom is -0.336 e. The van der Waals surface area contributed by atoms with Crippen LogP contribution in [-0.2, 0) is 9.59 Å². The van der Waals surface area contributed by atoms with Crippen molar-refractivity contribution in [3.8, 4) is 0 Å². The zero-order chi connectivity index (χ0) is 17.1. The monoisotopic (exact) mass is 328 g/mol. The summed E-state index contributed by atoms with van der Waals surface area (Å²) < 4.78 is 0. The molecule has 0 aromatic heterocycles. The highest BCUT2D eigenvalue weighted by Gasteiger charge is 2.30. The Morgan fingerprint density at radius 1 is 1.04 bits per heavy atom. The molecule has 0 unspecified atom stereocenters. The minimum absolute atomic E-state index is 0.0371. The molecule has 1 aromatic rings. The molecule has 0 radical (unpaired) electrons. The summed E-state index contributed by atoms with van der Waals surface area (Å²) in [4.78, 5) is 39.6. The maximum Gasteiger partial charge on any atom is 0.254 e. The summed E-state index contributed by atoms with van der Waals surface area (Å²) >= 11 is 0. The van der Waals surface area contributed by atoms with Gasteiger partial charge in [0.05, 0.1) is 5.69 Å². The van der Waals surface area contributed by atoms with Crippen LogP contribution < -0.4 is 4.90 Å². The van der Waals surface area contributed by atoms with E-state index < -0.39 is 0 Å². The molecule has 0 N–H and O–H groups in total. The van der Waals surface area contributed by atoms with Gasteiger partial charge in [-0.2, -0.15) is 0 Å². The van der Waals surface area contributed by atoms with Gasteiger partial charge in [0.15, 0.2) is 0 Å². The Balaban J connectivity index is 1.75. The molecule has 2 aliphatic rings. The fourth-order valence-corrected chi connectivity index (χ4v) is 3.74. The van der Waals surface area contributed by atoms with Gasteiger partial charge < -0.3 is 4.90 Å². The van der Waals surface area contributed by atoms with Crippen LogP contribution in [0, 0.1) is 0 Å². The second-order valence-electron chi connectivity index (χ2n) is 6.55. The van der Waals surface area contributed by atoms with E-state index in [4.69, 9.17) is 0 Å². The Morgan fingerprint density at radius 2 is 1.62 bits per heavy atom. The zero-order valence-corrected chi connectivity index (χ0v) is 14.2. The summed E-state index contributed by atoms with van der Waals surface area (Å²) in [5, 5.41) is 0. The quantitative estimate of drug-likeness (QED) is 0.798. The lowest BCUT2D eigenvalue weighted by molar-refractivity contribution is -0.121. The van der Waals surface area contributed by atoms with Gasteiger partial charge in [-0.25, -0.2) is 0 Å². The van der Waals surface area contributed by atoms with Crippen LogP contribution in [0.2, 0.25) is 0 Å². The van der Waals surface area contributed by atoms with Crippen LogP contribution in [-0.4, -0.2) is 35.2 Å². The first-order valence-electron chi connectivity index (χ1n) is 8.88. The fourth-order valence-electron chi connectivity index (χ4n) is 3.74. The molecule has 0 spiro atoms. The molecule has 5 heteroatoms. The standard InChI is InChI=1S/C19H24N2O3/c1-2-20(15-6-4-3-5-7-15)19(24)14-8-10-16(11-9-14)21-17(22)12-13-18(21)23/h8-11,15H,2-7,12-13H2,1H3. The van der Waals surface area contributed by atoms with Gasteiger partial charge in [0.1, 0.15) is 0 Å². The summed E-state index contributed by atoms with van der Waals surface area (Å²) in [6.45, 7) is 2.72. The number of carbonyl (C=O) groups is 3. The molecule has 24 heavy (non-hydrogen) atoms. The van der Waals surface area contributed by atoms with Crippen LogP contribution in [0.5, 0.6) is 0 Å². The third kappa shape index (κ3) is 3.21. The van der Waals surface area contributed by atoms with E-state index in [0.717, 1.165) is 12.8 Å². The Morgan fingerprint density at radius 3 is 2.17 bits per heavy atom. The number of rotatable bonds is 4. The van der Waals surface area contributed by atoms with Crippen LogP contribution in [0.15, 0.2) is 24.3 Å². The second-order valence-corrected chi connectivity index (χ2v) is 6.55. The number of anilines is 1. The van der Waals surface area contributed by atoms with E-state index in [1.54, 1.807) is 24.3 Å². The number of hydrogen-bond acceptors (Lipinski definition) is 3. The van der Waals surface area contributed by atoms with Gasteiger partial charge in [-0.15, -0.1) is 0 Å². The predicted octanol–water partition coefficient (Wildman–Crippen LogP) is 3.13. The highest BCUT2D eigenvalue weighted by atomic mass is 16.2. The molecule has 1 aliphatic heterocycles. The van der Waals surface area contributed by atoms with Crippen molar-refractivity contribution in [1.82, 2.24) is 4.90 Å². The van der Waals surface area contributed by atoms with E-state index in [9.17, 15) is 14.4 Å². The largest absolute Gasteiger partial charge is 0.336 e. The van der Waals surface area contributed by atoms with Gasteiger partial charge in [-0.3, -0.25) is 19.3 Å². The average Bonchev–Trinajstić information content (AvgIpc) is 2.95. The van der Waals surface area contributed by atoms with Crippen LogP contribution in [0.3, 0.4) is 0 Å². The van der Waals surface area contributed by atoms with Crippen molar-refractivity contribution in [2.24, 2.45) is 0 Å². The Bertz CT molecular complexity index is 617. The smallest absolute Gasteiger partial charge is 0.254 e. The lowest BCUT2D eigenvalue weighted by Crippen LogP contribution is -2.41. The molecule has 128 valence electrons. The summed E-state index contributed by atoms with van der Waals surface area (Å²) in [5.41, 5.74) is 1.17. The highest BCUT2D eigenvalue weighted by molar-refractivity contribution is 6.19. The Hall–Kier alpha value is -2.17. The number of benzene rings is 1. The van der Waals surface area contributed by atoms with Gasteiger partial charge in [-0.05, 0) is 44.0 Å². The average molecular weight is 328 g/mol. The zero-order valence-electron chi connectivity index (χ0n) is 14.2. The van der Waals surface area contributed by atoms with Crippen molar-refractivity contribution in [2.45, 2.75) is 57.9 Å². The van der Waals surface area contributed by atoms with Crippen molar-refractivity contribution < 1.29 is 14.4 Å². The first-order chi connectivity index (χ1) is 11.6. The molecular weight excluding hydrogens is 304 g/mol. The van der Waals surface area contributed by atoms with Crippen LogP contribution in [0.25, 0.3) is 0 Å². The molecule has 0 bridgehead atoms.